The summed E-state index contributed by atoms with van der Waals surface area (Å²) in [6.07, 6.45) is 1.71. The van der Waals surface area contributed by atoms with Crippen LogP contribution in [0.15, 0.2) is 12.3 Å². The van der Waals surface area contributed by atoms with Crippen LogP contribution in [-0.2, 0) is 25.8 Å². The zero-order valence-corrected chi connectivity index (χ0v) is 15.8. The number of nitrogens with one attached hydrogen (secondary N) is 1. The zero-order valence-electron chi connectivity index (χ0n) is 11.9. The first-order valence-corrected chi connectivity index (χ1v) is 10.2. The van der Waals surface area contributed by atoms with Gasteiger partial charge in [-0.1, -0.05) is 31.5 Å². The maximum Gasteiger partial charge on any atom is 0.119 e. The van der Waals surface area contributed by atoms with Crippen LogP contribution in [0, 0.1) is 6.07 Å². The molecule has 0 atom stereocenters. The predicted octanol–water partition coefficient (Wildman–Crippen LogP) is 2.42. The summed E-state index contributed by atoms with van der Waals surface area (Å²) in [6.45, 7) is 10.5. The van der Waals surface area contributed by atoms with Gasteiger partial charge in [0.2, 0.25) is 0 Å². The van der Waals surface area contributed by atoms with Crippen molar-refractivity contribution in [2.75, 3.05) is 36.6 Å². The van der Waals surface area contributed by atoms with Crippen LogP contribution < -0.4 is 10.2 Å². The number of ether oxygens (including phenoxy) is 1. The third kappa shape index (κ3) is 5.25. The minimum Gasteiger partial charge on any atom is -0.457 e. The number of hydrogen-bond donors (Lipinski definition) is 1. The molecule has 0 aliphatic carbocycles. The first-order valence-electron chi connectivity index (χ1n) is 6.49. The number of aromatic nitrogens is 1. The smallest absolute Gasteiger partial charge is 0.119 e. The fourth-order valence-electron chi connectivity index (χ4n) is 1.85. The summed E-state index contributed by atoms with van der Waals surface area (Å²) in [5.41, 5.74) is 1.05. The van der Waals surface area contributed by atoms with Gasteiger partial charge >= 0.3 is 0 Å². The van der Waals surface area contributed by atoms with E-state index in [2.05, 4.69) is 40.9 Å². The second-order valence-corrected chi connectivity index (χ2v) is 11.5. The van der Waals surface area contributed by atoms with Gasteiger partial charge in [0.05, 0.1) is 5.82 Å². The molecule has 4 nitrogen and oxygen atoms in total. The quantitative estimate of drug-likeness (QED) is 0.427. The summed E-state index contributed by atoms with van der Waals surface area (Å²) in [7, 11) is -0.992. The van der Waals surface area contributed by atoms with Gasteiger partial charge in [-0.15, -0.1) is 0 Å². The van der Waals surface area contributed by atoms with Gasteiger partial charge in [0.1, 0.15) is 6.73 Å². The van der Waals surface area contributed by atoms with Crippen molar-refractivity contribution >= 4 is 19.6 Å². The number of anilines is 2. The molecule has 2 rings (SSSR count). The minimum atomic E-state index is -0.992. The second-order valence-electron chi connectivity index (χ2n) is 5.84. The van der Waals surface area contributed by atoms with Crippen LogP contribution in [0.3, 0.4) is 0 Å². The Hall–Kier alpha value is -0.385. The molecule has 0 amide bonds. The molecule has 0 bridgehead atoms. The molecular weight excluding hydrogens is 426 g/mol. The van der Waals surface area contributed by atoms with Crippen LogP contribution in [0.2, 0.25) is 25.7 Å². The van der Waals surface area contributed by atoms with Crippen molar-refractivity contribution in [1.29, 1.82) is 0 Å². The average Bonchev–Trinajstić information content (AvgIpc) is 2.33. The van der Waals surface area contributed by atoms with Crippen LogP contribution >= 0.6 is 0 Å². The molecule has 1 N–H and O–H groups in total. The molecule has 19 heavy (non-hydrogen) atoms. The van der Waals surface area contributed by atoms with Gasteiger partial charge in [0.25, 0.3) is 0 Å². The number of hydrogen-bond acceptors (Lipinski definition) is 4. The SMILES string of the molecule is C[Si](C)(C)CCOCN1CCNc2c[c-]cnc21.[W]. The topological polar surface area (TPSA) is 37.4 Å². The minimum absolute atomic E-state index is 0. The second kappa shape index (κ2) is 7.41. The van der Waals surface area contributed by atoms with Crippen LogP contribution in [0.1, 0.15) is 0 Å². The van der Waals surface area contributed by atoms with Crippen molar-refractivity contribution < 1.29 is 25.8 Å². The Morgan fingerprint density at radius 3 is 3.00 bits per heavy atom. The third-order valence-corrected chi connectivity index (χ3v) is 4.67. The van der Waals surface area contributed by atoms with Gasteiger partial charge < -0.3 is 15.0 Å². The molecule has 1 aromatic heterocycles. The summed E-state index contributed by atoms with van der Waals surface area (Å²) in [6, 6.07) is 6.14. The first kappa shape index (κ1) is 16.7. The predicted molar refractivity (Wildman–Crippen MR) is 77.9 cm³/mol. The monoisotopic (exact) mass is 448 g/mol. The van der Waals surface area contributed by atoms with Crippen LogP contribution in [0.4, 0.5) is 11.5 Å². The summed E-state index contributed by atoms with van der Waals surface area (Å²) in [5.74, 6) is 0.980. The van der Waals surface area contributed by atoms with Gasteiger partial charge in [-0.3, -0.25) is 4.98 Å². The van der Waals surface area contributed by atoms with Crippen LogP contribution in [0.5, 0.6) is 0 Å². The Balaban J connectivity index is 0.00000180. The van der Waals surface area contributed by atoms with Gasteiger partial charge in [-0.2, -0.15) is 0 Å². The standard InChI is InChI=1S/C13H22N3OSi.W/c1-18(2,3)10-9-17-11-16-8-7-14-12-5-4-6-15-13(12)16;/h5-6,14H,7-11H2,1-3H3;/q-1;. The average molecular weight is 448 g/mol. The maximum absolute atomic E-state index is 5.79. The number of pyridine rings is 1. The molecule has 106 valence electrons. The molecule has 0 aromatic carbocycles. The fourth-order valence-corrected chi connectivity index (χ4v) is 2.60. The van der Waals surface area contributed by atoms with E-state index in [9.17, 15) is 0 Å². The Kier molecular flexibility index (Phi) is 6.50. The summed E-state index contributed by atoms with van der Waals surface area (Å²) in [4.78, 5) is 6.55. The normalized spacial score (nSPS) is 14.4. The fraction of sp³-hybridized carbons (Fsp3) is 0.615. The van der Waals surface area contributed by atoms with Gasteiger partial charge in [-0.05, 0) is 6.04 Å². The van der Waals surface area contributed by atoms with E-state index >= 15 is 0 Å². The van der Waals surface area contributed by atoms with Crippen molar-refractivity contribution in [2.24, 2.45) is 0 Å². The molecule has 0 unspecified atom stereocenters. The summed E-state index contributed by atoms with van der Waals surface area (Å²) in [5, 5.41) is 3.32. The van der Waals surface area contributed by atoms with E-state index in [1.807, 2.05) is 6.07 Å². The molecular formula is C13H22N3OSiW-. The molecule has 1 aromatic rings. The Bertz CT molecular complexity index is 398. The summed E-state index contributed by atoms with van der Waals surface area (Å²) < 4.78 is 5.79. The van der Waals surface area contributed by atoms with E-state index in [4.69, 9.17) is 4.74 Å². The Morgan fingerprint density at radius 1 is 1.47 bits per heavy atom. The number of fused-ring (bicyclic) bond motifs is 1. The molecule has 0 saturated carbocycles. The van der Waals surface area contributed by atoms with Gasteiger partial charge in [-0.25, -0.2) is 12.1 Å². The molecule has 0 radical (unpaired) electrons. The van der Waals surface area contributed by atoms with Crippen molar-refractivity contribution in [2.45, 2.75) is 25.7 Å². The van der Waals surface area contributed by atoms with E-state index in [1.54, 1.807) is 6.20 Å². The number of rotatable bonds is 5. The Labute approximate surface area is 131 Å². The van der Waals surface area contributed by atoms with E-state index in [-0.39, 0.29) is 21.1 Å². The Morgan fingerprint density at radius 2 is 2.26 bits per heavy atom. The maximum atomic E-state index is 5.79. The van der Waals surface area contributed by atoms with Crippen LogP contribution in [-0.4, -0.2) is 39.5 Å². The molecule has 6 heteroatoms. The van der Waals surface area contributed by atoms with Crippen molar-refractivity contribution in [3.8, 4) is 0 Å². The van der Waals surface area contributed by atoms with Crippen LogP contribution in [0.25, 0.3) is 0 Å². The first-order chi connectivity index (χ1) is 8.56. The van der Waals surface area contributed by atoms with Crippen molar-refractivity contribution in [3.05, 3.63) is 18.3 Å². The third-order valence-electron chi connectivity index (χ3n) is 2.97. The molecule has 0 saturated heterocycles. The number of nitrogens with zero attached hydrogens (tertiary/aromatic N) is 2. The molecule has 0 fully saturated rings. The molecule has 0 spiro atoms. The van der Waals surface area contributed by atoms with E-state index < -0.39 is 8.07 Å². The van der Waals surface area contributed by atoms with Gasteiger partial charge in [0.15, 0.2) is 0 Å². The molecule has 2 heterocycles. The summed E-state index contributed by atoms with van der Waals surface area (Å²) >= 11 is 0. The van der Waals surface area contributed by atoms with E-state index in [1.165, 1.54) is 6.04 Å². The molecule has 1 aliphatic rings. The van der Waals surface area contributed by atoms with Crippen molar-refractivity contribution in [1.82, 2.24) is 4.98 Å². The van der Waals surface area contributed by atoms with E-state index in [0.717, 1.165) is 31.2 Å². The van der Waals surface area contributed by atoms with E-state index in [0.29, 0.717) is 6.73 Å². The largest absolute Gasteiger partial charge is 0.457 e. The van der Waals surface area contributed by atoms with Crippen molar-refractivity contribution in [3.63, 3.8) is 0 Å². The van der Waals surface area contributed by atoms with Gasteiger partial charge in [0, 0.05) is 48.8 Å². The molecule has 1 aliphatic heterocycles. The zero-order chi connectivity index (χ0) is 13.0.